The highest BCUT2D eigenvalue weighted by Crippen LogP contribution is 2.21. The lowest BCUT2D eigenvalue weighted by atomic mass is 10.1. The van der Waals surface area contributed by atoms with Crippen molar-refractivity contribution in [3.8, 4) is 17.5 Å². The standard InChI is InChI=1S/C14H16N4O2/c1-3-19-9-14(2,16)13-17-12(20-18-13)11-6-4-10(8-15)5-7-11/h4-7H,3,9,16H2,1-2H3. The first-order chi connectivity index (χ1) is 9.56. The van der Waals surface area contributed by atoms with Crippen LogP contribution in [0.5, 0.6) is 0 Å². The molecule has 1 atom stereocenters. The Morgan fingerprint density at radius 2 is 2.10 bits per heavy atom. The van der Waals surface area contributed by atoms with Crippen LogP contribution in [0.15, 0.2) is 28.8 Å². The molecule has 0 aliphatic rings. The van der Waals surface area contributed by atoms with Crippen LogP contribution in [0.25, 0.3) is 11.5 Å². The zero-order valence-electron chi connectivity index (χ0n) is 11.5. The van der Waals surface area contributed by atoms with E-state index < -0.39 is 5.54 Å². The van der Waals surface area contributed by atoms with Gasteiger partial charge in [-0.15, -0.1) is 0 Å². The van der Waals surface area contributed by atoms with Crippen molar-refractivity contribution in [1.82, 2.24) is 10.1 Å². The lowest BCUT2D eigenvalue weighted by molar-refractivity contribution is 0.0962. The van der Waals surface area contributed by atoms with Gasteiger partial charge in [0.05, 0.1) is 18.2 Å². The molecule has 0 radical (unpaired) electrons. The first-order valence-electron chi connectivity index (χ1n) is 6.28. The number of rotatable bonds is 5. The molecular formula is C14H16N4O2. The maximum Gasteiger partial charge on any atom is 0.257 e. The summed E-state index contributed by atoms with van der Waals surface area (Å²) in [4.78, 5) is 4.29. The summed E-state index contributed by atoms with van der Waals surface area (Å²) in [6, 6.07) is 8.96. The molecule has 2 N–H and O–H groups in total. The van der Waals surface area contributed by atoms with Crippen LogP contribution in [-0.2, 0) is 10.3 Å². The van der Waals surface area contributed by atoms with Gasteiger partial charge in [-0.1, -0.05) is 5.16 Å². The van der Waals surface area contributed by atoms with Crippen LogP contribution in [0, 0.1) is 11.3 Å². The third-order valence-electron chi connectivity index (χ3n) is 2.80. The SMILES string of the molecule is CCOCC(C)(N)c1noc(-c2ccc(C#N)cc2)n1. The molecule has 2 rings (SSSR count). The fourth-order valence-corrected chi connectivity index (χ4v) is 1.64. The fourth-order valence-electron chi connectivity index (χ4n) is 1.64. The number of hydrogen-bond donors (Lipinski definition) is 1. The number of nitrogens with zero attached hydrogens (tertiary/aromatic N) is 3. The topological polar surface area (TPSA) is 98.0 Å². The highest BCUT2D eigenvalue weighted by Gasteiger charge is 2.28. The molecule has 1 aromatic carbocycles. The van der Waals surface area contributed by atoms with Crippen LogP contribution in [0.1, 0.15) is 25.2 Å². The molecule has 0 saturated heterocycles. The Morgan fingerprint density at radius 1 is 1.40 bits per heavy atom. The molecule has 1 unspecified atom stereocenters. The molecule has 0 aliphatic carbocycles. The minimum atomic E-state index is -0.801. The van der Waals surface area contributed by atoms with E-state index in [1.807, 2.05) is 6.92 Å². The Morgan fingerprint density at radius 3 is 2.70 bits per heavy atom. The van der Waals surface area contributed by atoms with Gasteiger partial charge in [-0.05, 0) is 38.1 Å². The molecule has 2 aromatic rings. The molecule has 0 spiro atoms. The second-order valence-electron chi connectivity index (χ2n) is 4.67. The molecule has 20 heavy (non-hydrogen) atoms. The lowest BCUT2D eigenvalue weighted by Gasteiger charge is -2.19. The predicted molar refractivity (Wildman–Crippen MR) is 72.5 cm³/mol. The molecule has 0 aliphatic heterocycles. The summed E-state index contributed by atoms with van der Waals surface area (Å²) in [6.45, 7) is 4.58. The van der Waals surface area contributed by atoms with E-state index in [-0.39, 0.29) is 0 Å². The molecule has 0 fully saturated rings. The summed E-state index contributed by atoms with van der Waals surface area (Å²) in [7, 11) is 0. The second kappa shape index (κ2) is 5.82. The Kier molecular flexibility index (Phi) is 4.13. The number of benzene rings is 1. The van der Waals surface area contributed by atoms with Crippen molar-refractivity contribution in [3.63, 3.8) is 0 Å². The molecule has 0 bridgehead atoms. The third-order valence-corrected chi connectivity index (χ3v) is 2.80. The van der Waals surface area contributed by atoms with Gasteiger partial charge in [0.1, 0.15) is 5.54 Å². The largest absolute Gasteiger partial charge is 0.379 e. The number of ether oxygens (including phenoxy) is 1. The number of hydrogen-bond acceptors (Lipinski definition) is 6. The zero-order valence-corrected chi connectivity index (χ0v) is 11.5. The summed E-state index contributed by atoms with van der Waals surface area (Å²) in [6.07, 6.45) is 0. The molecule has 6 heteroatoms. The van der Waals surface area contributed by atoms with E-state index in [4.69, 9.17) is 20.3 Å². The van der Waals surface area contributed by atoms with Crippen molar-refractivity contribution in [3.05, 3.63) is 35.7 Å². The minimum absolute atomic E-state index is 0.315. The Bertz CT molecular complexity index is 611. The molecule has 0 saturated carbocycles. The fraction of sp³-hybridized carbons (Fsp3) is 0.357. The van der Waals surface area contributed by atoms with E-state index >= 15 is 0 Å². The summed E-state index contributed by atoms with van der Waals surface area (Å²) >= 11 is 0. The van der Waals surface area contributed by atoms with Gasteiger partial charge in [0.25, 0.3) is 5.89 Å². The molecule has 1 heterocycles. The van der Waals surface area contributed by atoms with E-state index in [2.05, 4.69) is 16.2 Å². The summed E-state index contributed by atoms with van der Waals surface area (Å²) < 4.78 is 10.5. The second-order valence-corrected chi connectivity index (χ2v) is 4.67. The van der Waals surface area contributed by atoms with Crippen LogP contribution < -0.4 is 5.73 Å². The van der Waals surface area contributed by atoms with Gasteiger partial charge in [-0.25, -0.2) is 0 Å². The zero-order chi connectivity index (χ0) is 14.6. The summed E-state index contributed by atoms with van der Waals surface area (Å²) in [5.74, 6) is 0.767. The molecule has 6 nitrogen and oxygen atoms in total. The van der Waals surface area contributed by atoms with Crippen LogP contribution in [0.4, 0.5) is 0 Å². The quantitative estimate of drug-likeness (QED) is 0.891. The number of nitriles is 1. The van der Waals surface area contributed by atoms with Crippen molar-refractivity contribution < 1.29 is 9.26 Å². The van der Waals surface area contributed by atoms with Crippen molar-refractivity contribution in [2.24, 2.45) is 5.73 Å². The third kappa shape index (κ3) is 3.02. The van der Waals surface area contributed by atoms with Crippen LogP contribution in [0.2, 0.25) is 0 Å². The maximum absolute atomic E-state index is 8.76. The smallest absolute Gasteiger partial charge is 0.257 e. The van der Waals surface area contributed by atoms with E-state index in [9.17, 15) is 0 Å². The van der Waals surface area contributed by atoms with Crippen molar-refractivity contribution in [2.75, 3.05) is 13.2 Å². The van der Waals surface area contributed by atoms with Gasteiger partial charge in [0.15, 0.2) is 5.82 Å². The van der Waals surface area contributed by atoms with E-state index in [1.165, 1.54) is 0 Å². The summed E-state index contributed by atoms with van der Waals surface area (Å²) in [5, 5.41) is 12.7. The van der Waals surface area contributed by atoms with E-state index in [1.54, 1.807) is 31.2 Å². The minimum Gasteiger partial charge on any atom is -0.379 e. The monoisotopic (exact) mass is 272 g/mol. The van der Waals surface area contributed by atoms with Crippen LogP contribution >= 0.6 is 0 Å². The highest BCUT2D eigenvalue weighted by atomic mass is 16.5. The summed E-state index contributed by atoms with van der Waals surface area (Å²) in [5.41, 5.74) is 6.63. The number of aromatic nitrogens is 2. The molecule has 0 amide bonds. The van der Waals surface area contributed by atoms with Crippen LogP contribution in [0.3, 0.4) is 0 Å². The van der Waals surface area contributed by atoms with Gasteiger partial charge in [0, 0.05) is 12.2 Å². The van der Waals surface area contributed by atoms with Gasteiger partial charge in [-0.3, -0.25) is 0 Å². The van der Waals surface area contributed by atoms with Gasteiger partial charge in [0.2, 0.25) is 0 Å². The molecular weight excluding hydrogens is 256 g/mol. The average Bonchev–Trinajstić information content (AvgIpc) is 2.96. The van der Waals surface area contributed by atoms with E-state index in [0.29, 0.717) is 30.5 Å². The van der Waals surface area contributed by atoms with Crippen LogP contribution in [-0.4, -0.2) is 23.4 Å². The number of nitrogens with two attached hydrogens (primary N) is 1. The Labute approximate surface area is 117 Å². The van der Waals surface area contributed by atoms with Gasteiger partial charge in [-0.2, -0.15) is 10.2 Å². The molecule has 104 valence electrons. The maximum atomic E-state index is 8.76. The van der Waals surface area contributed by atoms with Crippen molar-refractivity contribution in [2.45, 2.75) is 19.4 Å². The van der Waals surface area contributed by atoms with Gasteiger partial charge >= 0.3 is 0 Å². The Hall–Kier alpha value is -2.23. The normalized spacial score (nSPS) is 13.7. The predicted octanol–water partition coefficient (Wildman–Crippen LogP) is 1.82. The van der Waals surface area contributed by atoms with Crippen molar-refractivity contribution in [1.29, 1.82) is 5.26 Å². The lowest BCUT2D eigenvalue weighted by Crippen LogP contribution is -2.39. The Balaban J connectivity index is 2.21. The first kappa shape index (κ1) is 14.2. The first-order valence-corrected chi connectivity index (χ1v) is 6.28. The molecule has 1 aromatic heterocycles. The van der Waals surface area contributed by atoms with E-state index in [0.717, 1.165) is 5.56 Å². The average molecular weight is 272 g/mol. The van der Waals surface area contributed by atoms with Crippen molar-refractivity contribution >= 4 is 0 Å². The highest BCUT2D eigenvalue weighted by molar-refractivity contribution is 5.54. The van der Waals surface area contributed by atoms with Gasteiger partial charge < -0.3 is 15.0 Å².